The fourth-order valence-electron chi connectivity index (χ4n) is 2.99. The van der Waals surface area contributed by atoms with Gasteiger partial charge >= 0.3 is 6.09 Å². The predicted octanol–water partition coefficient (Wildman–Crippen LogP) is 1.77. The Kier molecular flexibility index (Phi) is 9.41. The number of ether oxygens (including phenoxy) is 1. The highest BCUT2D eigenvalue weighted by Gasteiger charge is 2.29. The number of alkyl carbamates (subject to hydrolysis) is 1. The van der Waals surface area contributed by atoms with Crippen molar-refractivity contribution in [3.8, 4) is 0 Å². The van der Waals surface area contributed by atoms with Gasteiger partial charge in [-0.25, -0.2) is 13.2 Å². The van der Waals surface area contributed by atoms with E-state index >= 15 is 0 Å². The van der Waals surface area contributed by atoms with Crippen LogP contribution in [0.25, 0.3) is 0 Å². The maximum atomic E-state index is 12.8. The SMILES string of the molecule is CC(C)[C@@H](NC(=O)OCc1ccccc1)C(=O)N[C@@H](CCS(=O)(=O)c1ccccc1)C(N)=O. The number of primary amides is 1. The van der Waals surface area contributed by atoms with Crippen molar-refractivity contribution in [1.29, 1.82) is 0 Å². The average Bonchev–Trinajstić information content (AvgIpc) is 2.79. The van der Waals surface area contributed by atoms with Crippen molar-refractivity contribution in [1.82, 2.24) is 10.6 Å². The van der Waals surface area contributed by atoms with Crippen LogP contribution in [0.15, 0.2) is 65.6 Å². The summed E-state index contributed by atoms with van der Waals surface area (Å²) in [5.74, 6) is -2.26. The largest absolute Gasteiger partial charge is 0.445 e. The summed E-state index contributed by atoms with van der Waals surface area (Å²) in [4.78, 5) is 36.9. The molecule has 0 aliphatic heterocycles. The summed E-state index contributed by atoms with van der Waals surface area (Å²) in [6.07, 6.45) is -1.00. The maximum Gasteiger partial charge on any atom is 0.408 e. The first-order chi connectivity index (χ1) is 15.6. The molecule has 0 aliphatic rings. The van der Waals surface area contributed by atoms with Gasteiger partial charge in [0.25, 0.3) is 0 Å². The van der Waals surface area contributed by atoms with E-state index in [1.54, 1.807) is 44.2 Å². The monoisotopic (exact) mass is 475 g/mol. The Hall–Kier alpha value is -3.40. The highest BCUT2D eigenvalue weighted by atomic mass is 32.2. The fourth-order valence-corrected chi connectivity index (χ4v) is 4.35. The van der Waals surface area contributed by atoms with Gasteiger partial charge < -0.3 is 21.1 Å². The lowest BCUT2D eigenvalue weighted by molar-refractivity contribution is -0.129. The molecule has 2 atom stereocenters. The number of benzene rings is 2. The molecule has 2 aromatic rings. The summed E-state index contributed by atoms with van der Waals surface area (Å²) < 4.78 is 30.1. The number of amides is 3. The molecule has 0 fully saturated rings. The molecule has 0 heterocycles. The molecule has 0 saturated carbocycles. The third-order valence-electron chi connectivity index (χ3n) is 4.87. The molecule has 0 aliphatic carbocycles. The minimum Gasteiger partial charge on any atom is -0.445 e. The van der Waals surface area contributed by atoms with Crippen molar-refractivity contribution in [3.63, 3.8) is 0 Å². The van der Waals surface area contributed by atoms with Crippen LogP contribution in [-0.4, -0.2) is 44.2 Å². The summed E-state index contributed by atoms with van der Waals surface area (Å²) in [6, 6.07) is 14.6. The summed E-state index contributed by atoms with van der Waals surface area (Å²) in [5, 5.41) is 4.94. The van der Waals surface area contributed by atoms with Crippen LogP contribution in [0.3, 0.4) is 0 Å². The number of carbonyl (C=O) groups excluding carboxylic acids is 3. The van der Waals surface area contributed by atoms with E-state index in [-0.39, 0.29) is 29.6 Å². The quantitative estimate of drug-likeness (QED) is 0.452. The van der Waals surface area contributed by atoms with Crippen LogP contribution in [-0.2, 0) is 30.8 Å². The zero-order valence-electron chi connectivity index (χ0n) is 18.6. The van der Waals surface area contributed by atoms with Gasteiger partial charge in [0, 0.05) is 0 Å². The Bertz CT molecular complexity index is 1040. The number of carbonyl (C=O) groups is 3. The Morgan fingerprint density at radius 1 is 0.939 bits per heavy atom. The first-order valence-corrected chi connectivity index (χ1v) is 12.1. The van der Waals surface area contributed by atoms with E-state index in [4.69, 9.17) is 10.5 Å². The number of hydrogen-bond acceptors (Lipinski definition) is 6. The molecule has 0 spiro atoms. The highest BCUT2D eigenvalue weighted by Crippen LogP contribution is 2.13. The Morgan fingerprint density at radius 2 is 1.52 bits per heavy atom. The van der Waals surface area contributed by atoms with Crippen LogP contribution in [0, 0.1) is 5.92 Å². The van der Waals surface area contributed by atoms with E-state index in [1.165, 1.54) is 12.1 Å². The molecule has 10 heteroatoms. The van der Waals surface area contributed by atoms with Crippen molar-refractivity contribution in [3.05, 3.63) is 66.2 Å². The summed E-state index contributed by atoms with van der Waals surface area (Å²) >= 11 is 0. The molecule has 0 aromatic heterocycles. The van der Waals surface area contributed by atoms with Gasteiger partial charge in [-0.3, -0.25) is 9.59 Å². The topological polar surface area (TPSA) is 145 Å². The summed E-state index contributed by atoms with van der Waals surface area (Å²) in [5.41, 5.74) is 6.17. The van der Waals surface area contributed by atoms with Crippen molar-refractivity contribution >= 4 is 27.7 Å². The van der Waals surface area contributed by atoms with Gasteiger partial charge in [0.05, 0.1) is 10.6 Å². The summed E-state index contributed by atoms with van der Waals surface area (Å²) in [7, 11) is -3.66. The van der Waals surface area contributed by atoms with Crippen LogP contribution in [0.1, 0.15) is 25.8 Å². The third kappa shape index (κ3) is 8.23. The Morgan fingerprint density at radius 3 is 2.06 bits per heavy atom. The molecule has 33 heavy (non-hydrogen) atoms. The van der Waals surface area contributed by atoms with E-state index in [1.807, 2.05) is 18.2 Å². The number of rotatable bonds is 11. The minimum atomic E-state index is -3.66. The third-order valence-corrected chi connectivity index (χ3v) is 6.64. The van der Waals surface area contributed by atoms with Crippen LogP contribution in [0.5, 0.6) is 0 Å². The molecule has 4 N–H and O–H groups in total. The van der Waals surface area contributed by atoms with Gasteiger partial charge in [-0.1, -0.05) is 62.4 Å². The Balaban J connectivity index is 1.97. The molecule has 0 radical (unpaired) electrons. The average molecular weight is 476 g/mol. The number of nitrogens with two attached hydrogens (primary N) is 1. The fraction of sp³-hybridized carbons (Fsp3) is 0.348. The lowest BCUT2D eigenvalue weighted by atomic mass is 10.0. The standard InChI is InChI=1S/C23H29N3O6S/c1-16(2)20(26-23(29)32-15-17-9-5-3-6-10-17)22(28)25-19(21(24)27)13-14-33(30,31)18-11-7-4-8-12-18/h3-12,16,19-20H,13-15H2,1-2H3,(H2,24,27)(H,25,28)(H,26,29)/t19-,20+/m0/s1. The summed E-state index contributed by atoms with van der Waals surface area (Å²) in [6.45, 7) is 3.45. The van der Waals surface area contributed by atoms with E-state index < -0.39 is 39.8 Å². The first-order valence-electron chi connectivity index (χ1n) is 10.4. The molecule has 0 saturated heterocycles. The second-order valence-corrected chi connectivity index (χ2v) is 9.92. The van der Waals surface area contributed by atoms with E-state index in [0.29, 0.717) is 0 Å². The number of nitrogens with one attached hydrogen (secondary N) is 2. The van der Waals surface area contributed by atoms with Crippen LogP contribution < -0.4 is 16.4 Å². The number of sulfone groups is 1. The zero-order valence-corrected chi connectivity index (χ0v) is 19.4. The second-order valence-electron chi connectivity index (χ2n) is 7.81. The van der Waals surface area contributed by atoms with Gasteiger partial charge in [0.15, 0.2) is 9.84 Å². The van der Waals surface area contributed by atoms with Gasteiger partial charge in [0.1, 0.15) is 18.7 Å². The normalized spacial score (nSPS) is 13.1. The zero-order chi connectivity index (χ0) is 24.4. The molecular weight excluding hydrogens is 446 g/mol. The highest BCUT2D eigenvalue weighted by molar-refractivity contribution is 7.91. The van der Waals surface area contributed by atoms with Gasteiger partial charge in [-0.2, -0.15) is 0 Å². The van der Waals surface area contributed by atoms with E-state index in [9.17, 15) is 22.8 Å². The van der Waals surface area contributed by atoms with Gasteiger partial charge in [-0.05, 0) is 30.0 Å². The number of hydrogen-bond donors (Lipinski definition) is 3. The Labute approximate surface area is 193 Å². The first kappa shape index (κ1) is 25.9. The molecular formula is C23H29N3O6S. The predicted molar refractivity (Wildman–Crippen MR) is 123 cm³/mol. The van der Waals surface area contributed by atoms with Crippen molar-refractivity contribution in [2.45, 2.75) is 43.9 Å². The molecule has 0 bridgehead atoms. The van der Waals surface area contributed by atoms with Crippen LogP contribution >= 0.6 is 0 Å². The smallest absolute Gasteiger partial charge is 0.408 e. The van der Waals surface area contributed by atoms with E-state index in [0.717, 1.165) is 5.56 Å². The minimum absolute atomic E-state index is 0.0281. The van der Waals surface area contributed by atoms with Crippen molar-refractivity contribution < 1.29 is 27.5 Å². The molecule has 9 nitrogen and oxygen atoms in total. The molecule has 3 amide bonds. The molecule has 2 rings (SSSR count). The molecule has 2 aromatic carbocycles. The molecule has 0 unspecified atom stereocenters. The lowest BCUT2D eigenvalue weighted by Crippen LogP contribution is -2.55. The van der Waals surface area contributed by atoms with E-state index in [2.05, 4.69) is 10.6 Å². The second kappa shape index (κ2) is 12.0. The van der Waals surface area contributed by atoms with Crippen LogP contribution in [0.4, 0.5) is 4.79 Å². The lowest BCUT2D eigenvalue weighted by Gasteiger charge is -2.24. The van der Waals surface area contributed by atoms with Gasteiger partial charge in [0.2, 0.25) is 11.8 Å². The van der Waals surface area contributed by atoms with Gasteiger partial charge in [-0.15, -0.1) is 0 Å². The van der Waals surface area contributed by atoms with Crippen molar-refractivity contribution in [2.24, 2.45) is 11.7 Å². The maximum absolute atomic E-state index is 12.8. The van der Waals surface area contributed by atoms with Crippen LogP contribution in [0.2, 0.25) is 0 Å². The van der Waals surface area contributed by atoms with Crippen molar-refractivity contribution in [2.75, 3.05) is 5.75 Å². The molecule has 178 valence electrons.